The van der Waals surface area contributed by atoms with Crippen LogP contribution in [-0.2, 0) is 11.3 Å². The van der Waals surface area contributed by atoms with Crippen LogP contribution in [0.2, 0.25) is 5.02 Å². The van der Waals surface area contributed by atoms with Gasteiger partial charge in [-0.2, -0.15) is 5.10 Å². The molecule has 2 N–H and O–H groups in total. The number of nitrogens with one attached hydrogen (secondary N) is 1. The lowest BCUT2D eigenvalue weighted by atomic mass is 10.3. The van der Waals surface area contributed by atoms with E-state index in [0.29, 0.717) is 5.69 Å². The van der Waals surface area contributed by atoms with Gasteiger partial charge in [0.05, 0.1) is 18.0 Å². The molecule has 1 heterocycles. The van der Waals surface area contributed by atoms with Gasteiger partial charge in [0, 0.05) is 11.9 Å². The molecule has 0 aliphatic rings. The minimum atomic E-state index is -0.947. The minimum absolute atomic E-state index is 0.0870. The molecular formula is C13H11ClFN3O3. The predicted octanol–water partition coefficient (Wildman–Crippen LogP) is 2.40. The number of hydrogen-bond donors (Lipinski definition) is 2. The van der Waals surface area contributed by atoms with Gasteiger partial charge in [-0.25, -0.2) is 4.39 Å². The zero-order valence-electron chi connectivity index (χ0n) is 10.7. The summed E-state index contributed by atoms with van der Waals surface area (Å²) in [6.45, 7) is 0.172. The number of aliphatic carboxylic acids is 1. The first-order valence-corrected chi connectivity index (χ1v) is 6.35. The number of hydrogen-bond acceptors (Lipinski definition) is 3. The van der Waals surface area contributed by atoms with Crippen LogP contribution in [0.1, 0.15) is 16.9 Å². The maximum Gasteiger partial charge on any atom is 0.305 e. The Morgan fingerprint density at radius 1 is 1.38 bits per heavy atom. The topological polar surface area (TPSA) is 84.2 Å². The van der Waals surface area contributed by atoms with E-state index in [4.69, 9.17) is 16.7 Å². The molecule has 1 aromatic carbocycles. The highest BCUT2D eigenvalue weighted by molar-refractivity contribution is 6.31. The summed E-state index contributed by atoms with van der Waals surface area (Å²) in [5, 5.41) is 14.9. The number of carboxylic acid groups (broad SMARTS) is 1. The number of carboxylic acids is 1. The van der Waals surface area contributed by atoms with E-state index in [1.165, 1.54) is 29.1 Å². The van der Waals surface area contributed by atoms with Crippen LogP contribution < -0.4 is 5.32 Å². The molecule has 21 heavy (non-hydrogen) atoms. The molecule has 0 bridgehead atoms. The van der Waals surface area contributed by atoms with Crippen LogP contribution in [0.3, 0.4) is 0 Å². The van der Waals surface area contributed by atoms with Crippen LogP contribution in [0.15, 0.2) is 30.5 Å². The highest BCUT2D eigenvalue weighted by Gasteiger charge is 2.11. The molecule has 2 rings (SSSR count). The summed E-state index contributed by atoms with van der Waals surface area (Å²) in [6, 6.07) is 5.27. The van der Waals surface area contributed by atoms with Gasteiger partial charge in [0.2, 0.25) is 0 Å². The first-order chi connectivity index (χ1) is 9.95. The molecule has 2 aromatic rings. The van der Waals surface area contributed by atoms with E-state index >= 15 is 0 Å². The highest BCUT2D eigenvalue weighted by atomic mass is 35.5. The molecule has 8 heteroatoms. The maximum atomic E-state index is 13.0. The van der Waals surface area contributed by atoms with Crippen molar-refractivity contribution < 1.29 is 19.1 Å². The molecular weight excluding hydrogens is 301 g/mol. The van der Waals surface area contributed by atoms with Crippen molar-refractivity contribution in [3.05, 3.63) is 47.0 Å². The average Bonchev–Trinajstić information content (AvgIpc) is 2.89. The van der Waals surface area contributed by atoms with Gasteiger partial charge >= 0.3 is 5.97 Å². The van der Waals surface area contributed by atoms with E-state index in [1.54, 1.807) is 0 Å². The zero-order chi connectivity index (χ0) is 15.4. The standard InChI is InChI=1S/C13H11ClFN3O3/c14-9-7-8(1-2-10(9)15)16-13(21)11-3-5-18(17-11)6-4-12(19)20/h1-3,5,7H,4,6H2,(H,16,21)(H,19,20). The number of amides is 1. The second kappa shape index (κ2) is 6.36. The molecule has 0 spiro atoms. The Morgan fingerprint density at radius 3 is 2.81 bits per heavy atom. The number of anilines is 1. The molecule has 0 unspecified atom stereocenters. The molecule has 1 aromatic heterocycles. The summed E-state index contributed by atoms with van der Waals surface area (Å²) in [4.78, 5) is 22.4. The van der Waals surface area contributed by atoms with Crippen LogP contribution in [0.25, 0.3) is 0 Å². The van der Waals surface area contributed by atoms with E-state index in [0.717, 1.165) is 6.07 Å². The summed E-state index contributed by atoms with van der Waals surface area (Å²) < 4.78 is 14.4. The highest BCUT2D eigenvalue weighted by Crippen LogP contribution is 2.19. The molecule has 0 atom stereocenters. The largest absolute Gasteiger partial charge is 0.481 e. The summed E-state index contributed by atoms with van der Waals surface area (Å²) in [5.41, 5.74) is 0.465. The van der Waals surface area contributed by atoms with E-state index in [-0.39, 0.29) is 23.7 Å². The summed E-state index contributed by atoms with van der Waals surface area (Å²) in [5.74, 6) is -2.02. The molecule has 0 fully saturated rings. The Kier molecular flexibility index (Phi) is 4.54. The fourth-order valence-corrected chi connectivity index (χ4v) is 1.77. The third-order valence-corrected chi connectivity index (χ3v) is 2.90. The van der Waals surface area contributed by atoms with E-state index < -0.39 is 17.7 Å². The van der Waals surface area contributed by atoms with Crippen LogP contribution in [0.4, 0.5) is 10.1 Å². The zero-order valence-corrected chi connectivity index (χ0v) is 11.5. The Labute approximate surface area is 124 Å². The van der Waals surface area contributed by atoms with E-state index in [9.17, 15) is 14.0 Å². The number of benzene rings is 1. The van der Waals surface area contributed by atoms with Crippen LogP contribution in [0, 0.1) is 5.82 Å². The molecule has 6 nitrogen and oxygen atoms in total. The molecule has 0 aliphatic heterocycles. The van der Waals surface area contributed by atoms with Gasteiger partial charge in [0.1, 0.15) is 5.82 Å². The van der Waals surface area contributed by atoms with Crippen molar-refractivity contribution in [2.75, 3.05) is 5.32 Å². The number of aromatic nitrogens is 2. The minimum Gasteiger partial charge on any atom is -0.481 e. The summed E-state index contributed by atoms with van der Waals surface area (Å²) >= 11 is 5.62. The van der Waals surface area contributed by atoms with Gasteiger partial charge < -0.3 is 10.4 Å². The smallest absolute Gasteiger partial charge is 0.305 e. The van der Waals surface area contributed by atoms with Crippen LogP contribution >= 0.6 is 11.6 Å². The number of rotatable bonds is 5. The molecule has 0 aliphatic carbocycles. The Hall–Kier alpha value is -2.41. The van der Waals surface area contributed by atoms with Crippen molar-refractivity contribution in [1.29, 1.82) is 0 Å². The lowest BCUT2D eigenvalue weighted by molar-refractivity contribution is -0.137. The van der Waals surface area contributed by atoms with Crippen LogP contribution in [-0.4, -0.2) is 26.8 Å². The molecule has 0 radical (unpaired) electrons. The Bertz CT molecular complexity index is 687. The van der Waals surface area contributed by atoms with Crippen molar-refractivity contribution in [2.24, 2.45) is 0 Å². The van der Waals surface area contributed by atoms with Gasteiger partial charge in [0.25, 0.3) is 5.91 Å². The van der Waals surface area contributed by atoms with Crippen molar-refractivity contribution in [1.82, 2.24) is 9.78 Å². The lowest BCUT2D eigenvalue weighted by Crippen LogP contribution is -2.14. The maximum absolute atomic E-state index is 13.0. The Morgan fingerprint density at radius 2 is 2.14 bits per heavy atom. The Balaban J connectivity index is 2.03. The fraction of sp³-hybridized carbons (Fsp3) is 0.154. The monoisotopic (exact) mass is 311 g/mol. The van der Waals surface area contributed by atoms with Gasteiger partial charge in [-0.3, -0.25) is 14.3 Å². The number of halogens is 2. The molecule has 0 saturated carbocycles. The molecule has 1 amide bonds. The quantitative estimate of drug-likeness (QED) is 0.888. The van der Waals surface area contributed by atoms with Crippen molar-refractivity contribution in [3.63, 3.8) is 0 Å². The number of carbonyl (C=O) groups excluding carboxylic acids is 1. The lowest BCUT2D eigenvalue weighted by Gasteiger charge is -2.04. The van der Waals surface area contributed by atoms with E-state index in [1.807, 2.05) is 0 Å². The fourth-order valence-electron chi connectivity index (χ4n) is 1.59. The second-order valence-corrected chi connectivity index (χ2v) is 4.60. The molecule has 0 saturated heterocycles. The van der Waals surface area contributed by atoms with Gasteiger partial charge in [-0.05, 0) is 24.3 Å². The van der Waals surface area contributed by atoms with Gasteiger partial charge in [0.15, 0.2) is 5.69 Å². The first kappa shape index (κ1) is 15.0. The number of aryl methyl sites for hydroxylation is 1. The summed E-state index contributed by atoms with van der Waals surface area (Å²) in [7, 11) is 0. The van der Waals surface area contributed by atoms with Crippen molar-refractivity contribution in [2.45, 2.75) is 13.0 Å². The SMILES string of the molecule is O=C(O)CCn1ccc(C(=O)Nc2ccc(F)c(Cl)c2)n1. The number of carbonyl (C=O) groups is 2. The van der Waals surface area contributed by atoms with Gasteiger partial charge in [-0.15, -0.1) is 0 Å². The predicted molar refractivity (Wildman–Crippen MR) is 73.8 cm³/mol. The van der Waals surface area contributed by atoms with Gasteiger partial charge in [-0.1, -0.05) is 11.6 Å². The second-order valence-electron chi connectivity index (χ2n) is 4.19. The first-order valence-electron chi connectivity index (χ1n) is 5.97. The van der Waals surface area contributed by atoms with E-state index in [2.05, 4.69) is 10.4 Å². The molecule has 110 valence electrons. The van der Waals surface area contributed by atoms with Crippen LogP contribution in [0.5, 0.6) is 0 Å². The third kappa shape index (κ3) is 4.03. The normalized spacial score (nSPS) is 10.4. The third-order valence-electron chi connectivity index (χ3n) is 2.61. The number of nitrogens with zero attached hydrogens (tertiary/aromatic N) is 2. The van der Waals surface area contributed by atoms with Crippen molar-refractivity contribution >= 4 is 29.2 Å². The average molecular weight is 312 g/mol. The summed E-state index contributed by atoms with van der Waals surface area (Å²) in [6.07, 6.45) is 1.42. The van der Waals surface area contributed by atoms with Crippen molar-refractivity contribution in [3.8, 4) is 0 Å².